The third-order valence-corrected chi connectivity index (χ3v) is 3.60. The highest BCUT2D eigenvalue weighted by Gasteiger charge is 2.11. The second-order valence-corrected chi connectivity index (χ2v) is 5.03. The molecule has 2 heterocycles. The van der Waals surface area contributed by atoms with Gasteiger partial charge in [-0.05, 0) is 30.7 Å². The molecule has 1 N–H and O–H groups in total. The molecule has 0 aliphatic heterocycles. The number of nitrogens with one attached hydrogen (secondary N) is 1. The summed E-state index contributed by atoms with van der Waals surface area (Å²) in [5.41, 5.74) is 2.30. The van der Waals surface area contributed by atoms with Crippen LogP contribution in [-0.4, -0.2) is 9.97 Å². The molecule has 4 nitrogen and oxygen atoms in total. The molecule has 0 unspecified atom stereocenters. The molecule has 4 aromatic rings. The average Bonchev–Trinajstić information content (AvgIpc) is 2.92. The Morgan fingerprint density at radius 1 is 1.10 bits per heavy atom. The van der Waals surface area contributed by atoms with Crippen molar-refractivity contribution in [3.8, 4) is 11.6 Å². The lowest BCUT2D eigenvalue weighted by atomic mass is 10.1. The second kappa shape index (κ2) is 4.31. The number of aryl methyl sites for hydroxylation is 1. The van der Waals surface area contributed by atoms with Gasteiger partial charge in [0.15, 0.2) is 11.6 Å². The Morgan fingerprint density at radius 2 is 1.95 bits per heavy atom. The molecule has 2 aromatic heterocycles. The molecule has 102 valence electrons. The van der Waals surface area contributed by atoms with E-state index in [-0.39, 0.29) is 5.56 Å². The van der Waals surface area contributed by atoms with Crippen LogP contribution in [0.25, 0.3) is 33.5 Å². The van der Waals surface area contributed by atoms with Crippen LogP contribution in [0.2, 0.25) is 0 Å². The lowest BCUT2D eigenvalue weighted by Gasteiger charge is -2.02. The Morgan fingerprint density at radius 3 is 2.81 bits per heavy atom. The van der Waals surface area contributed by atoms with Gasteiger partial charge in [-0.2, -0.15) is 0 Å². The second-order valence-electron chi connectivity index (χ2n) is 5.03. The molecule has 21 heavy (non-hydrogen) atoms. The van der Waals surface area contributed by atoms with E-state index in [1.807, 2.05) is 49.4 Å². The molecule has 0 aliphatic carbocycles. The first-order chi connectivity index (χ1) is 10.2. The van der Waals surface area contributed by atoms with Gasteiger partial charge >= 0.3 is 0 Å². The normalized spacial score (nSPS) is 11.3. The minimum absolute atomic E-state index is 0.154. The summed E-state index contributed by atoms with van der Waals surface area (Å²) >= 11 is 0. The van der Waals surface area contributed by atoms with Crippen LogP contribution >= 0.6 is 0 Å². The van der Waals surface area contributed by atoms with Crippen molar-refractivity contribution >= 4 is 21.9 Å². The van der Waals surface area contributed by atoms with Crippen molar-refractivity contribution in [2.24, 2.45) is 0 Å². The van der Waals surface area contributed by atoms with Crippen LogP contribution in [0.1, 0.15) is 5.56 Å². The summed E-state index contributed by atoms with van der Waals surface area (Å²) in [4.78, 5) is 19.5. The van der Waals surface area contributed by atoms with Gasteiger partial charge < -0.3 is 9.40 Å². The first kappa shape index (κ1) is 11.9. The Kier molecular flexibility index (Phi) is 2.44. The Hall–Kier alpha value is -2.88. The van der Waals surface area contributed by atoms with Gasteiger partial charge in [-0.15, -0.1) is 0 Å². The van der Waals surface area contributed by atoms with Gasteiger partial charge in [-0.1, -0.05) is 30.3 Å². The first-order valence-electron chi connectivity index (χ1n) is 6.71. The van der Waals surface area contributed by atoms with Crippen LogP contribution in [0.15, 0.2) is 57.7 Å². The third-order valence-electron chi connectivity index (χ3n) is 3.60. The van der Waals surface area contributed by atoms with Crippen molar-refractivity contribution < 1.29 is 4.42 Å². The predicted molar refractivity (Wildman–Crippen MR) is 82.3 cm³/mol. The summed E-state index contributed by atoms with van der Waals surface area (Å²) in [6.07, 6.45) is 0. The van der Waals surface area contributed by atoms with Crippen molar-refractivity contribution in [2.45, 2.75) is 6.92 Å². The monoisotopic (exact) mass is 276 g/mol. The number of hydrogen-bond donors (Lipinski definition) is 1. The zero-order valence-electron chi connectivity index (χ0n) is 11.4. The topological polar surface area (TPSA) is 58.9 Å². The highest BCUT2D eigenvalue weighted by Crippen LogP contribution is 2.25. The molecule has 4 heteroatoms. The van der Waals surface area contributed by atoms with Gasteiger partial charge in [0.25, 0.3) is 5.56 Å². The molecule has 0 fully saturated rings. The van der Waals surface area contributed by atoms with Gasteiger partial charge in [0, 0.05) is 5.39 Å². The number of hydrogen-bond acceptors (Lipinski definition) is 3. The van der Waals surface area contributed by atoms with Gasteiger partial charge in [-0.3, -0.25) is 4.79 Å². The standard InChI is InChI=1S/C17H12N2O2/c1-10-5-4-7-12-15(10)18-16(19-17(12)20)14-9-11-6-2-3-8-13(11)21-14/h2-9H,1H3,(H,18,19,20). The van der Waals surface area contributed by atoms with E-state index in [0.717, 1.165) is 16.5 Å². The molecular formula is C17H12N2O2. The SMILES string of the molecule is Cc1cccc2c(=O)[nH]c(-c3cc4ccccc4o3)nc12. The number of aromatic amines is 1. The van der Waals surface area contributed by atoms with Crippen LogP contribution in [0.4, 0.5) is 0 Å². The van der Waals surface area contributed by atoms with Crippen molar-refractivity contribution in [2.75, 3.05) is 0 Å². The van der Waals surface area contributed by atoms with E-state index in [9.17, 15) is 4.79 Å². The van der Waals surface area contributed by atoms with E-state index in [1.54, 1.807) is 6.07 Å². The Labute approximate surface area is 120 Å². The summed E-state index contributed by atoms with van der Waals surface area (Å²) in [6.45, 7) is 1.94. The molecule has 4 rings (SSSR count). The third kappa shape index (κ3) is 1.84. The van der Waals surface area contributed by atoms with Crippen LogP contribution in [0.3, 0.4) is 0 Å². The maximum Gasteiger partial charge on any atom is 0.259 e. The number of H-pyrrole nitrogens is 1. The number of furan rings is 1. The molecule has 0 amide bonds. The van der Waals surface area contributed by atoms with E-state index in [2.05, 4.69) is 9.97 Å². The van der Waals surface area contributed by atoms with Crippen LogP contribution in [0.5, 0.6) is 0 Å². The minimum atomic E-state index is -0.154. The van der Waals surface area contributed by atoms with E-state index in [0.29, 0.717) is 22.5 Å². The molecule has 0 aliphatic rings. The van der Waals surface area contributed by atoms with E-state index in [4.69, 9.17) is 4.42 Å². The van der Waals surface area contributed by atoms with E-state index < -0.39 is 0 Å². The fourth-order valence-corrected chi connectivity index (χ4v) is 2.52. The van der Waals surface area contributed by atoms with Crippen molar-refractivity contribution in [3.05, 3.63) is 64.4 Å². The molecule has 0 spiro atoms. The van der Waals surface area contributed by atoms with Gasteiger partial charge in [-0.25, -0.2) is 4.98 Å². The lowest BCUT2D eigenvalue weighted by molar-refractivity contribution is 0.625. The van der Waals surface area contributed by atoms with Crippen molar-refractivity contribution in [1.82, 2.24) is 9.97 Å². The zero-order chi connectivity index (χ0) is 14.4. The number of aromatic nitrogens is 2. The lowest BCUT2D eigenvalue weighted by Crippen LogP contribution is -2.09. The zero-order valence-corrected chi connectivity index (χ0v) is 11.4. The number of para-hydroxylation sites is 2. The highest BCUT2D eigenvalue weighted by molar-refractivity contribution is 5.84. The van der Waals surface area contributed by atoms with Crippen molar-refractivity contribution in [3.63, 3.8) is 0 Å². The predicted octanol–water partition coefficient (Wildman–Crippen LogP) is 3.64. The highest BCUT2D eigenvalue weighted by atomic mass is 16.3. The number of rotatable bonds is 1. The molecule has 2 aromatic carbocycles. The quantitative estimate of drug-likeness (QED) is 0.577. The molecule has 0 bridgehead atoms. The maximum absolute atomic E-state index is 12.2. The van der Waals surface area contributed by atoms with E-state index >= 15 is 0 Å². The molecular weight excluding hydrogens is 264 g/mol. The summed E-state index contributed by atoms with van der Waals surface area (Å²) in [5, 5.41) is 1.58. The number of fused-ring (bicyclic) bond motifs is 2. The molecule has 0 saturated carbocycles. The molecule has 0 saturated heterocycles. The first-order valence-corrected chi connectivity index (χ1v) is 6.71. The smallest absolute Gasteiger partial charge is 0.259 e. The minimum Gasteiger partial charge on any atom is -0.453 e. The summed E-state index contributed by atoms with van der Waals surface area (Å²) in [7, 11) is 0. The number of nitrogens with zero attached hydrogens (tertiary/aromatic N) is 1. The molecule has 0 radical (unpaired) electrons. The largest absolute Gasteiger partial charge is 0.453 e. The Bertz CT molecular complexity index is 995. The maximum atomic E-state index is 12.2. The average molecular weight is 276 g/mol. The fraction of sp³-hybridized carbons (Fsp3) is 0.0588. The summed E-state index contributed by atoms with van der Waals surface area (Å²) in [6, 6.07) is 15.2. The Balaban J connectivity index is 2.02. The summed E-state index contributed by atoms with van der Waals surface area (Å²) < 4.78 is 5.77. The number of benzene rings is 2. The van der Waals surface area contributed by atoms with Gasteiger partial charge in [0.1, 0.15) is 5.58 Å². The fourth-order valence-electron chi connectivity index (χ4n) is 2.52. The van der Waals surface area contributed by atoms with Gasteiger partial charge in [0.2, 0.25) is 0 Å². The summed E-state index contributed by atoms with van der Waals surface area (Å²) in [5.74, 6) is 1.02. The van der Waals surface area contributed by atoms with Crippen LogP contribution < -0.4 is 5.56 Å². The van der Waals surface area contributed by atoms with E-state index in [1.165, 1.54) is 0 Å². The van der Waals surface area contributed by atoms with Crippen molar-refractivity contribution in [1.29, 1.82) is 0 Å². The van der Waals surface area contributed by atoms with Crippen LogP contribution in [-0.2, 0) is 0 Å². The van der Waals surface area contributed by atoms with Crippen LogP contribution in [0, 0.1) is 6.92 Å². The molecule has 0 atom stereocenters. The van der Waals surface area contributed by atoms with Gasteiger partial charge in [0.05, 0.1) is 10.9 Å².